The fraction of sp³-hybridized carbons (Fsp3) is 0.316. The lowest BCUT2D eigenvalue weighted by Crippen LogP contribution is -2.33. The van der Waals surface area contributed by atoms with Gasteiger partial charge in [-0.25, -0.2) is 21.6 Å². The van der Waals surface area contributed by atoms with E-state index in [9.17, 15) is 26.4 Å². The van der Waals surface area contributed by atoms with Crippen molar-refractivity contribution in [2.24, 2.45) is 0 Å². The van der Waals surface area contributed by atoms with Crippen LogP contribution in [0.1, 0.15) is 18.4 Å². The van der Waals surface area contributed by atoms with Gasteiger partial charge in [-0.2, -0.15) is 0 Å². The Hall–Kier alpha value is -2.55. The first kappa shape index (κ1) is 21.7. The summed E-state index contributed by atoms with van der Waals surface area (Å²) in [5.74, 6) is -2.64. The van der Waals surface area contributed by atoms with E-state index in [1.54, 1.807) is 12.1 Å². The van der Waals surface area contributed by atoms with Gasteiger partial charge in [0, 0.05) is 19.5 Å². The number of amides is 1. The molecular formula is C19H21F3N2O3S. The molecule has 0 aromatic heterocycles. The van der Waals surface area contributed by atoms with Crippen LogP contribution in [0.25, 0.3) is 0 Å². The predicted molar refractivity (Wildman–Crippen MR) is 101 cm³/mol. The van der Waals surface area contributed by atoms with Gasteiger partial charge >= 0.3 is 0 Å². The van der Waals surface area contributed by atoms with Crippen molar-refractivity contribution in [1.29, 1.82) is 0 Å². The Labute approximate surface area is 162 Å². The lowest BCUT2D eigenvalue weighted by molar-refractivity contribution is -0.121. The average molecular weight is 414 g/mol. The summed E-state index contributed by atoms with van der Waals surface area (Å²) in [5.41, 5.74) is 0.210. The van der Waals surface area contributed by atoms with E-state index >= 15 is 0 Å². The molecule has 0 aliphatic heterocycles. The second-order valence-corrected chi connectivity index (χ2v) is 8.14. The fourth-order valence-corrected chi connectivity index (χ4v) is 3.61. The Bertz CT molecular complexity index is 898. The molecular weight excluding hydrogens is 393 g/mol. The molecule has 0 spiro atoms. The van der Waals surface area contributed by atoms with Crippen molar-refractivity contribution in [3.63, 3.8) is 0 Å². The Balaban J connectivity index is 1.86. The number of benzene rings is 2. The number of para-hydroxylation sites is 1. The smallest absolute Gasteiger partial charge is 0.232 e. The van der Waals surface area contributed by atoms with Crippen LogP contribution in [0, 0.1) is 17.5 Å². The number of nitrogens with one attached hydrogen (secondary N) is 1. The highest BCUT2D eigenvalue weighted by Crippen LogP contribution is 2.25. The molecule has 0 fully saturated rings. The fourth-order valence-electron chi connectivity index (χ4n) is 2.64. The van der Waals surface area contributed by atoms with Crippen LogP contribution in [0.2, 0.25) is 0 Å². The maximum absolute atomic E-state index is 13.9. The molecule has 2 aromatic rings. The van der Waals surface area contributed by atoms with Crippen LogP contribution in [0.15, 0.2) is 42.5 Å². The average Bonchev–Trinajstić information content (AvgIpc) is 2.61. The monoisotopic (exact) mass is 414 g/mol. The zero-order valence-electron chi connectivity index (χ0n) is 15.3. The first-order valence-corrected chi connectivity index (χ1v) is 10.5. The molecule has 0 heterocycles. The number of halogens is 3. The summed E-state index contributed by atoms with van der Waals surface area (Å²) in [7, 11) is -3.93. The van der Waals surface area contributed by atoms with Gasteiger partial charge in [-0.3, -0.25) is 9.10 Å². The molecule has 0 saturated carbocycles. The number of rotatable bonds is 9. The molecule has 0 atom stereocenters. The van der Waals surface area contributed by atoms with Gasteiger partial charge in [0.15, 0.2) is 11.6 Å². The second kappa shape index (κ2) is 9.59. The molecule has 0 aliphatic carbocycles. The number of nitrogens with zero attached hydrogens (tertiary/aromatic N) is 1. The number of sulfonamides is 1. The van der Waals surface area contributed by atoms with E-state index in [-0.39, 0.29) is 31.1 Å². The summed E-state index contributed by atoms with van der Waals surface area (Å²) in [6, 6.07) is 8.99. The van der Waals surface area contributed by atoms with Crippen LogP contribution in [0.4, 0.5) is 18.9 Å². The van der Waals surface area contributed by atoms with Gasteiger partial charge in [0.2, 0.25) is 15.9 Å². The summed E-state index contributed by atoms with van der Waals surface area (Å²) >= 11 is 0. The molecule has 152 valence electrons. The van der Waals surface area contributed by atoms with Gasteiger partial charge in [-0.15, -0.1) is 0 Å². The van der Waals surface area contributed by atoms with Crippen molar-refractivity contribution >= 4 is 21.6 Å². The lowest BCUT2D eigenvalue weighted by atomic mass is 10.1. The number of carbonyl (C=O) groups is 1. The van der Waals surface area contributed by atoms with E-state index in [1.165, 1.54) is 12.1 Å². The third-order valence-electron chi connectivity index (χ3n) is 4.00. The molecule has 1 N–H and O–H groups in total. The van der Waals surface area contributed by atoms with E-state index in [2.05, 4.69) is 5.32 Å². The van der Waals surface area contributed by atoms with Crippen LogP contribution >= 0.6 is 0 Å². The van der Waals surface area contributed by atoms with Gasteiger partial charge in [-0.1, -0.05) is 18.2 Å². The zero-order valence-corrected chi connectivity index (χ0v) is 16.1. The predicted octanol–water partition coefficient (Wildman–Crippen LogP) is 3.01. The Kier molecular flexibility index (Phi) is 7.45. The first-order chi connectivity index (χ1) is 13.2. The molecule has 0 saturated heterocycles. The molecule has 5 nitrogen and oxygen atoms in total. The number of anilines is 1. The maximum Gasteiger partial charge on any atom is 0.232 e. The van der Waals surface area contributed by atoms with Gasteiger partial charge < -0.3 is 5.32 Å². The zero-order chi connectivity index (χ0) is 20.7. The van der Waals surface area contributed by atoms with Gasteiger partial charge in [0.05, 0.1) is 6.26 Å². The van der Waals surface area contributed by atoms with Gasteiger partial charge in [-0.05, 0) is 42.7 Å². The van der Waals surface area contributed by atoms with Crippen LogP contribution in [-0.2, 0) is 21.2 Å². The molecule has 9 heteroatoms. The van der Waals surface area contributed by atoms with Crippen molar-refractivity contribution in [2.45, 2.75) is 19.3 Å². The minimum absolute atomic E-state index is 0.00842. The van der Waals surface area contributed by atoms with E-state index < -0.39 is 27.3 Å². The van der Waals surface area contributed by atoms with Crippen LogP contribution in [-0.4, -0.2) is 33.7 Å². The third-order valence-corrected chi connectivity index (χ3v) is 5.17. The SMILES string of the molecule is CS(=O)(=O)N(CCCC(=O)NCCc1ccc(F)cc1)c1c(F)cccc1F. The molecule has 2 aromatic carbocycles. The molecule has 0 radical (unpaired) electrons. The quantitative estimate of drug-likeness (QED) is 0.686. The van der Waals surface area contributed by atoms with E-state index in [0.717, 1.165) is 30.0 Å². The normalized spacial score (nSPS) is 11.3. The van der Waals surface area contributed by atoms with Crippen molar-refractivity contribution in [3.8, 4) is 0 Å². The summed E-state index contributed by atoms with van der Waals surface area (Å²) in [6.45, 7) is 0.101. The standard InChI is InChI=1S/C19H21F3N2O3S/c1-28(26,27)24(19-16(21)4-2-5-17(19)22)13-3-6-18(25)23-12-11-14-7-9-15(20)10-8-14/h2,4-5,7-10H,3,6,11-13H2,1H3,(H,23,25). The second-order valence-electron chi connectivity index (χ2n) is 6.24. The third kappa shape index (κ3) is 6.26. The van der Waals surface area contributed by atoms with Crippen molar-refractivity contribution in [2.75, 3.05) is 23.7 Å². The molecule has 28 heavy (non-hydrogen) atoms. The number of carbonyl (C=O) groups excluding carboxylic acids is 1. The Morgan fingerprint density at radius 1 is 1.04 bits per heavy atom. The maximum atomic E-state index is 13.9. The number of hydrogen-bond acceptors (Lipinski definition) is 3. The molecule has 0 unspecified atom stereocenters. The molecule has 0 aliphatic rings. The van der Waals surface area contributed by atoms with Crippen molar-refractivity contribution in [3.05, 3.63) is 65.5 Å². The van der Waals surface area contributed by atoms with Gasteiger partial charge in [0.25, 0.3) is 0 Å². The minimum Gasteiger partial charge on any atom is -0.356 e. The van der Waals surface area contributed by atoms with Crippen LogP contribution < -0.4 is 9.62 Å². The summed E-state index contributed by atoms with van der Waals surface area (Å²) in [5, 5.41) is 2.67. The highest BCUT2D eigenvalue weighted by atomic mass is 32.2. The summed E-state index contributed by atoms with van der Waals surface area (Å²) in [4.78, 5) is 11.9. The summed E-state index contributed by atoms with van der Waals surface area (Å²) < 4.78 is 65.2. The summed E-state index contributed by atoms with van der Waals surface area (Å²) in [6.07, 6.45) is 1.44. The van der Waals surface area contributed by atoms with Crippen LogP contribution in [0.3, 0.4) is 0 Å². The lowest BCUT2D eigenvalue weighted by Gasteiger charge is -2.23. The highest BCUT2D eigenvalue weighted by Gasteiger charge is 2.24. The molecule has 2 rings (SSSR count). The minimum atomic E-state index is -3.93. The number of hydrogen-bond donors (Lipinski definition) is 1. The van der Waals surface area contributed by atoms with E-state index in [1.807, 2.05) is 0 Å². The highest BCUT2D eigenvalue weighted by molar-refractivity contribution is 7.92. The van der Waals surface area contributed by atoms with Gasteiger partial charge in [0.1, 0.15) is 11.5 Å². The Morgan fingerprint density at radius 3 is 2.21 bits per heavy atom. The molecule has 0 bridgehead atoms. The van der Waals surface area contributed by atoms with Crippen LogP contribution in [0.5, 0.6) is 0 Å². The molecule has 1 amide bonds. The Morgan fingerprint density at radius 2 is 1.64 bits per heavy atom. The topological polar surface area (TPSA) is 66.5 Å². The van der Waals surface area contributed by atoms with E-state index in [4.69, 9.17) is 0 Å². The van der Waals surface area contributed by atoms with E-state index in [0.29, 0.717) is 17.3 Å². The first-order valence-electron chi connectivity index (χ1n) is 8.61. The largest absolute Gasteiger partial charge is 0.356 e. The van der Waals surface area contributed by atoms with Crippen molar-refractivity contribution in [1.82, 2.24) is 5.32 Å². The van der Waals surface area contributed by atoms with Crippen molar-refractivity contribution < 1.29 is 26.4 Å².